The molecule has 0 aliphatic heterocycles. The van der Waals surface area contributed by atoms with E-state index in [4.69, 9.17) is 5.11 Å². The van der Waals surface area contributed by atoms with Gasteiger partial charge in [-0.3, -0.25) is 4.79 Å². The fourth-order valence-electron chi connectivity index (χ4n) is 1.64. The summed E-state index contributed by atoms with van der Waals surface area (Å²) in [6.07, 6.45) is 2.43. The van der Waals surface area contributed by atoms with Gasteiger partial charge in [0.05, 0.1) is 12.1 Å². The summed E-state index contributed by atoms with van der Waals surface area (Å²) >= 11 is 1.49. The third-order valence-electron chi connectivity index (χ3n) is 2.64. The number of nitrogens with one attached hydrogen (secondary N) is 1. The van der Waals surface area contributed by atoms with E-state index < -0.39 is 5.97 Å². The first kappa shape index (κ1) is 10.4. The molecule has 5 heteroatoms. The minimum atomic E-state index is -0.829. The van der Waals surface area contributed by atoms with Gasteiger partial charge < -0.3 is 10.4 Å². The van der Waals surface area contributed by atoms with Gasteiger partial charge >= 0.3 is 5.97 Å². The fraction of sp³-hybridized carbons (Fsp3) is 0.600. The number of carboxylic acids is 1. The smallest absolute Gasteiger partial charge is 0.309 e. The number of aromatic nitrogens is 1. The topological polar surface area (TPSA) is 62.2 Å². The summed E-state index contributed by atoms with van der Waals surface area (Å²) in [4.78, 5) is 14.7. The van der Waals surface area contributed by atoms with E-state index in [9.17, 15) is 4.79 Å². The molecule has 1 aromatic rings. The first-order valence-corrected chi connectivity index (χ1v) is 5.99. The number of carbonyl (C=O) groups is 1. The van der Waals surface area contributed by atoms with E-state index in [1.807, 2.05) is 0 Å². The van der Waals surface area contributed by atoms with Gasteiger partial charge in [0.25, 0.3) is 0 Å². The molecule has 0 saturated heterocycles. The standard InChI is InChI=1S/C10H14N2O2S/c1-2-6-3-8(6)12-10-11-7(5-15-10)4-9(13)14/h5-6,8H,2-4H2,1H3,(H,11,12)(H,13,14). The predicted molar refractivity (Wildman–Crippen MR) is 59.3 cm³/mol. The van der Waals surface area contributed by atoms with Crippen LogP contribution < -0.4 is 5.32 Å². The molecule has 2 unspecified atom stereocenters. The van der Waals surface area contributed by atoms with E-state index in [1.165, 1.54) is 24.2 Å². The number of carboxylic acid groups (broad SMARTS) is 1. The maximum atomic E-state index is 10.5. The lowest BCUT2D eigenvalue weighted by atomic mass is 10.3. The van der Waals surface area contributed by atoms with Gasteiger partial charge in [-0.1, -0.05) is 13.3 Å². The van der Waals surface area contributed by atoms with Crippen LogP contribution in [0.1, 0.15) is 25.5 Å². The van der Waals surface area contributed by atoms with Gasteiger partial charge in [0.2, 0.25) is 0 Å². The third kappa shape index (κ3) is 2.68. The monoisotopic (exact) mass is 226 g/mol. The quantitative estimate of drug-likeness (QED) is 0.806. The van der Waals surface area contributed by atoms with E-state index in [-0.39, 0.29) is 6.42 Å². The first-order valence-electron chi connectivity index (χ1n) is 5.11. The summed E-state index contributed by atoms with van der Waals surface area (Å²) in [5.41, 5.74) is 0.642. The lowest BCUT2D eigenvalue weighted by molar-refractivity contribution is -0.136. The molecule has 2 rings (SSSR count). The molecule has 82 valence electrons. The van der Waals surface area contributed by atoms with Crippen molar-refractivity contribution in [2.75, 3.05) is 5.32 Å². The minimum Gasteiger partial charge on any atom is -0.481 e. The Morgan fingerprint density at radius 2 is 2.60 bits per heavy atom. The second kappa shape index (κ2) is 4.18. The molecular formula is C10H14N2O2S. The van der Waals surface area contributed by atoms with Crippen LogP contribution in [-0.2, 0) is 11.2 Å². The third-order valence-corrected chi connectivity index (χ3v) is 3.46. The first-order chi connectivity index (χ1) is 7.19. The molecule has 15 heavy (non-hydrogen) atoms. The van der Waals surface area contributed by atoms with E-state index in [1.54, 1.807) is 5.38 Å². The molecule has 1 aliphatic rings. The van der Waals surface area contributed by atoms with Crippen molar-refractivity contribution in [1.82, 2.24) is 4.98 Å². The molecule has 0 amide bonds. The summed E-state index contributed by atoms with van der Waals surface area (Å²) in [6.45, 7) is 2.18. The van der Waals surface area contributed by atoms with E-state index >= 15 is 0 Å². The Bertz CT molecular complexity index is 364. The average Bonchev–Trinajstić information content (AvgIpc) is 2.78. The maximum Gasteiger partial charge on any atom is 0.309 e. The SMILES string of the molecule is CCC1CC1Nc1nc(CC(=O)O)cs1. The molecule has 0 bridgehead atoms. The van der Waals surface area contributed by atoms with Crippen LogP contribution in [0.3, 0.4) is 0 Å². The summed E-state index contributed by atoms with van der Waals surface area (Å²) in [5.74, 6) is -0.0541. The molecule has 0 spiro atoms. The number of hydrogen-bond donors (Lipinski definition) is 2. The second-order valence-corrected chi connectivity index (χ2v) is 4.73. The van der Waals surface area contributed by atoms with Crippen molar-refractivity contribution >= 4 is 22.4 Å². The molecule has 1 fully saturated rings. The van der Waals surface area contributed by atoms with Gasteiger partial charge in [0.1, 0.15) is 0 Å². The van der Waals surface area contributed by atoms with E-state index in [2.05, 4.69) is 17.2 Å². The molecular weight excluding hydrogens is 212 g/mol. The maximum absolute atomic E-state index is 10.5. The minimum absolute atomic E-state index is 0.0139. The number of hydrogen-bond acceptors (Lipinski definition) is 4. The van der Waals surface area contributed by atoms with Crippen molar-refractivity contribution in [3.63, 3.8) is 0 Å². The van der Waals surface area contributed by atoms with Gasteiger partial charge in [-0.25, -0.2) is 4.98 Å². The highest BCUT2D eigenvalue weighted by Gasteiger charge is 2.35. The molecule has 1 aromatic heterocycles. The highest BCUT2D eigenvalue weighted by Crippen LogP contribution is 2.36. The van der Waals surface area contributed by atoms with Gasteiger partial charge in [0, 0.05) is 11.4 Å². The number of anilines is 1. The number of aliphatic carboxylic acids is 1. The lowest BCUT2D eigenvalue weighted by Gasteiger charge is -1.98. The normalized spacial score (nSPS) is 23.8. The van der Waals surface area contributed by atoms with Crippen LogP contribution in [0.2, 0.25) is 0 Å². The second-order valence-electron chi connectivity index (χ2n) is 3.87. The van der Waals surface area contributed by atoms with Crippen molar-refractivity contribution in [2.24, 2.45) is 5.92 Å². The number of nitrogens with zero attached hydrogens (tertiary/aromatic N) is 1. The van der Waals surface area contributed by atoms with Gasteiger partial charge in [-0.15, -0.1) is 11.3 Å². The Labute approximate surface area is 92.3 Å². The Hall–Kier alpha value is -1.10. The molecule has 1 heterocycles. The van der Waals surface area contributed by atoms with E-state index in [0.29, 0.717) is 11.7 Å². The van der Waals surface area contributed by atoms with Crippen LogP contribution in [0.25, 0.3) is 0 Å². The van der Waals surface area contributed by atoms with Crippen LogP contribution >= 0.6 is 11.3 Å². The zero-order valence-electron chi connectivity index (χ0n) is 8.56. The fourth-order valence-corrected chi connectivity index (χ4v) is 2.42. The zero-order valence-corrected chi connectivity index (χ0v) is 9.38. The summed E-state index contributed by atoms with van der Waals surface area (Å²) < 4.78 is 0. The molecule has 4 nitrogen and oxygen atoms in total. The van der Waals surface area contributed by atoms with Crippen LogP contribution in [0.15, 0.2) is 5.38 Å². The highest BCUT2D eigenvalue weighted by atomic mass is 32.1. The Balaban J connectivity index is 1.87. The molecule has 1 saturated carbocycles. The van der Waals surface area contributed by atoms with Crippen molar-refractivity contribution in [3.8, 4) is 0 Å². The average molecular weight is 226 g/mol. The van der Waals surface area contributed by atoms with Crippen molar-refractivity contribution in [2.45, 2.75) is 32.2 Å². The van der Waals surface area contributed by atoms with Crippen molar-refractivity contribution in [1.29, 1.82) is 0 Å². The molecule has 2 atom stereocenters. The van der Waals surface area contributed by atoms with Crippen LogP contribution in [0.5, 0.6) is 0 Å². The van der Waals surface area contributed by atoms with E-state index in [0.717, 1.165) is 11.0 Å². The van der Waals surface area contributed by atoms with Gasteiger partial charge in [-0.2, -0.15) is 0 Å². The molecule has 0 aromatic carbocycles. The lowest BCUT2D eigenvalue weighted by Crippen LogP contribution is -2.05. The highest BCUT2D eigenvalue weighted by molar-refractivity contribution is 7.13. The largest absolute Gasteiger partial charge is 0.481 e. The van der Waals surface area contributed by atoms with Crippen molar-refractivity contribution in [3.05, 3.63) is 11.1 Å². The summed E-state index contributed by atoms with van der Waals surface area (Å²) in [7, 11) is 0. The predicted octanol–water partition coefficient (Wildman–Crippen LogP) is 1.98. The number of rotatable bonds is 5. The van der Waals surface area contributed by atoms with Crippen LogP contribution in [0, 0.1) is 5.92 Å². The van der Waals surface area contributed by atoms with Gasteiger partial charge in [-0.05, 0) is 12.3 Å². The van der Waals surface area contributed by atoms with Crippen molar-refractivity contribution < 1.29 is 9.90 Å². The summed E-state index contributed by atoms with van der Waals surface area (Å²) in [6, 6.07) is 0.554. The molecule has 2 N–H and O–H groups in total. The van der Waals surface area contributed by atoms with Crippen LogP contribution in [-0.4, -0.2) is 22.1 Å². The summed E-state index contributed by atoms with van der Waals surface area (Å²) in [5, 5.41) is 14.6. The Morgan fingerprint density at radius 1 is 1.80 bits per heavy atom. The van der Waals surface area contributed by atoms with Crippen LogP contribution in [0.4, 0.5) is 5.13 Å². The Kier molecular flexibility index (Phi) is 2.90. The van der Waals surface area contributed by atoms with Gasteiger partial charge in [0.15, 0.2) is 5.13 Å². The Morgan fingerprint density at radius 3 is 3.20 bits per heavy atom. The molecule has 1 aliphatic carbocycles. The zero-order chi connectivity index (χ0) is 10.8. The number of thiazole rings is 1. The molecule has 0 radical (unpaired) electrons.